The van der Waals surface area contributed by atoms with Gasteiger partial charge in [-0.05, 0) is 33.1 Å². The molecule has 6 nitrogen and oxygen atoms in total. The maximum Gasteiger partial charge on any atom is 0.313 e. The third kappa shape index (κ3) is 3.62. The standard InChI is InChI=1S/C15H23N3O3/c1-15(2,14(20)21-3)11-18-13(19)9-12(10-16-18)17-7-5-4-6-8-17/h9-10H,4-8,11H2,1-3H3. The van der Waals surface area contributed by atoms with E-state index in [9.17, 15) is 9.59 Å². The summed E-state index contributed by atoms with van der Waals surface area (Å²) in [5.74, 6) is -0.351. The first-order valence-electron chi connectivity index (χ1n) is 7.34. The first-order chi connectivity index (χ1) is 9.94. The molecular weight excluding hydrogens is 270 g/mol. The summed E-state index contributed by atoms with van der Waals surface area (Å²) < 4.78 is 6.08. The lowest BCUT2D eigenvalue weighted by Gasteiger charge is -2.28. The fraction of sp³-hybridized carbons (Fsp3) is 0.667. The van der Waals surface area contributed by atoms with E-state index in [1.165, 1.54) is 18.2 Å². The molecule has 0 aliphatic carbocycles. The zero-order valence-electron chi connectivity index (χ0n) is 13.0. The van der Waals surface area contributed by atoms with Crippen LogP contribution in [0.2, 0.25) is 0 Å². The zero-order valence-corrected chi connectivity index (χ0v) is 13.0. The Morgan fingerprint density at radius 2 is 2.00 bits per heavy atom. The van der Waals surface area contributed by atoms with Crippen molar-refractivity contribution in [1.29, 1.82) is 0 Å². The summed E-state index contributed by atoms with van der Waals surface area (Å²) >= 11 is 0. The fourth-order valence-corrected chi connectivity index (χ4v) is 2.58. The van der Waals surface area contributed by atoms with Gasteiger partial charge in [0.05, 0.1) is 31.0 Å². The molecule has 1 fully saturated rings. The number of esters is 1. The van der Waals surface area contributed by atoms with Gasteiger partial charge in [-0.15, -0.1) is 0 Å². The Hall–Kier alpha value is -1.85. The molecule has 21 heavy (non-hydrogen) atoms. The van der Waals surface area contributed by atoms with Crippen LogP contribution >= 0.6 is 0 Å². The normalized spacial score (nSPS) is 15.9. The number of anilines is 1. The minimum absolute atomic E-state index is 0.185. The molecule has 116 valence electrons. The van der Waals surface area contributed by atoms with Gasteiger partial charge in [0.25, 0.3) is 5.56 Å². The minimum atomic E-state index is -0.780. The van der Waals surface area contributed by atoms with Crippen molar-refractivity contribution in [1.82, 2.24) is 9.78 Å². The quantitative estimate of drug-likeness (QED) is 0.786. The number of nitrogens with zero attached hydrogens (tertiary/aromatic N) is 3. The molecule has 1 saturated heterocycles. The Bertz CT molecular complexity index is 560. The van der Waals surface area contributed by atoms with Crippen molar-refractivity contribution < 1.29 is 9.53 Å². The molecule has 0 N–H and O–H groups in total. The molecule has 0 amide bonds. The molecule has 2 heterocycles. The van der Waals surface area contributed by atoms with Crippen molar-refractivity contribution >= 4 is 11.7 Å². The van der Waals surface area contributed by atoms with Gasteiger partial charge in [-0.2, -0.15) is 5.10 Å². The van der Waals surface area contributed by atoms with Gasteiger partial charge in [0.2, 0.25) is 0 Å². The Morgan fingerprint density at radius 1 is 1.33 bits per heavy atom. The molecule has 0 aromatic carbocycles. The Labute approximate surface area is 124 Å². The monoisotopic (exact) mass is 293 g/mol. The fourth-order valence-electron chi connectivity index (χ4n) is 2.58. The largest absolute Gasteiger partial charge is 0.469 e. The van der Waals surface area contributed by atoms with Gasteiger partial charge in [-0.25, -0.2) is 4.68 Å². The molecule has 0 atom stereocenters. The molecule has 1 aromatic rings. The SMILES string of the molecule is COC(=O)C(C)(C)Cn1ncc(N2CCCCC2)cc1=O. The number of piperidine rings is 1. The number of carbonyl (C=O) groups excluding carboxylic acids is 1. The van der Waals surface area contributed by atoms with Crippen LogP contribution in [0.3, 0.4) is 0 Å². The highest BCUT2D eigenvalue weighted by Crippen LogP contribution is 2.20. The van der Waals surface area contributed by atoms with E-state index < -0.39 is 5.41 Å². The number of methoxy groups -OCH3 is 1. The minimum Gasteiger partial charge on any atom is -0.469 e. The lowest BCUT2D eigenvalue weighted by Crippen LogP contribution is -2.37. The lowest BCUT2D eigenvalue weighted by molar-refractivity contribution is -0.151. The van der Waals surface area contributed by atoms with Crippen molar-refractivity contribution in [3.63, 3.8) is 0 Å². The Morgan fingerprint density at radius 3 is 2.57 bits per heavy atom. The molecule has 6 heteroatoms. The Balaban J connectivity index is 2.16. The summed E-state index contributed by atoms with van der Waals surface area (Å²) in [4.78, 5) is 26.1. The maximum absolute atomic E-state index is 12.2. The van der Waals surface area contributed by atoms with E-state index in [2.05, 4.69) is 10.00 Å². The number of ether oxygens (including phenoxy) is 1. The molecule has 2 rings (SSSR count). The van der Waals surface area contributed by atoms with Crippen LogP contribution in [0.4, 0.5) is 5.69 Å². The highest BCUT2D eigenvalue weighted by atomic mass is 16.5. The van der Waals surface area contributed by atoms with Gasteiger partial charge in [-0.3, -0.25) is 9.59 Å². The van der Waals surface area contributed by atoms with Gasteiger partial charge < -0.3 is 9.64 Å². The molecule has 1 aliphatic heterocycles. The highest BCUT2D eigenvalue weighted by Gasteiger charge is 2.30. The molecule has 0 bridgehead atoms. The topological polar surface area (TPSA) is 64.4 Å². The van der Waals surface area contributed by atoms with Crippen LogP contribution in [0.5, 0.6) is 0 Å². The van der Waals surface area contributed by atoms with Crippen molar-refractivity contribution in [3.8, 4) is 0 Å². The van der Waals surface area contributed by atoms with Gasteiger partial charge in [0.1, 0.15) is 0 Å². The van der Waals surface area contributed by atoms with E-state index >= 15 is 0 Å². The second-order valence-corrected chi connectivity index (χ2v) is 6.13. The molecule has 1 aromatic heterocycles. The molecule has 0 saturated carbocycles. The number of aromatic nitrogens is 2. The zero-order chi connectivity index (χ0) is 15.5. The van der Waals surface area contributed by atoms with E-state index in [-0.39, 0.29) is 18.1 Å². The summed E-state index contributed by atoms with van der Waals surface area (Å²) in [5.41, 5.74) is -0.0973. The Kier molecular flexibility index (Phi) is 4.65. The van der Waals surface area contributed by atoms with E-state index in [0.29, 0.717) is 0 Å². The van der Waals surface area contributed by atoms with Crippen LogP contribution in [0.1, 0.15) is 33.1 Å². The van der Waals surface area contributed by atoms with Crippen LogP contribution in [0.15, 0.2) is 17.1 Å². The van der Waals surface area contributed by atoms with E-state index in [1.54, 1.807) is 26.1 Å². The smallest absolute Gasteiger partial charge is 0.313 e. The summed E-state index contributed by atoms with van der Waals surface area (Å²) in [7, 11) is 1.35. The molecule has 0 unspecified atom stereocenters. The van der Waals surface area contributed by atoms with Crippen molar-refractivity contribution in [2.45, 2.75) is 39.7 Å². The number of hydrogen-bond acceptors (Lipinski definition) is 5. The van der Waals surface area contributed by atoms with Crippen LogP contribution in [0, 0.1) is 5.41 Å². The lowest BCUT2D eigenvalue weighted by atomic mass is 9.94. The second kappa shape index (κ2) is 6.28. The third-order valence-electron chi connectivity index (χ3n) is 3.86. The summed E-state index contributed by atoms with van der Waals surface area (Å²) in [6, 6.07) is 1.60. The van der Waals surface area contributed by atoms with Gasteiger partial charge in [-0.1, -0.05) is 0 Å². The number of rotatable bonds is 4. The van der Waals surface area contributed by atoms with Gasteiger partial charge in [0.15, 0.2) is 0 Å². The third-order valence-corrected chi connectivity index (χ3v) is 3.86. The van der Waals surface area contributed by atoms with Crippen molar-refractivity contribution in [3.05, 3.63) is 22.6 Å². The van der Waals surface area contributed by atoms with E-state index in [4.69, 9.17) is 4.74 Å². The summed E-state index contributed by atoms with van der Waals surface area (Å²) in [6.07, 6.45) is 5.26. The van der Waals surface area contributed by atoms with Crippen LogP contribution in [0.25, 0.3) is 0 Å². The van der Waals surface area contributed by atoms with Crippen LogP contribution in [-0.2, 0) is 16.1 Å². The average molecular weight is 293 g/mol. The molecular formula is C15H23N3O3. The summed E-state index contributed by atoms with van der Waals surface area (Å²) in [5, 5.41) is 4.21. The van der Waals surface area contributed by atoms with Gasteiger partial charge >= 0.3 is 5.97 Å². The van der Waals surface area contributed by atoms with Crippen molar-refractivity contribution in [2.24, 2.45) is 5.41 Å². The van der Waals surface area contributed by atoms with Crippen LogP contribution in [-0.4, -0.2) is 35.9 Å². The summed E-state index contributed by atoms with van der Waals surface area (Å²) in [6.45, 7) is 5.63. The molecule has 0 spiro atoms. The van der Waals surface area contributed by atoms with E-state index in [0.717, 1.165) is 31.6 Å². The van der Waals surface area contributed by atoms with Crippen molar-refractivity contribution in [2.75, 3.05) is 25.1 Å². The predicted molar refractivity (Wildman–Crippen MR) is 80.4 cm³/mol. The van der Waals surface area contributed by atoms with Gasteiger partial charge in [0, 0.05) is 19.2 Å². The van der Waals surface area contributed by atoms with E-state index in [1.807, 2.05) is 0 Å². The molecule has 1 aliphatic rings. The number of carbonyl (C=O) groups is 1. The number of hydrogen-bond donors (Lipinski definition) is 0. The predicted octanol–water partition coefficient (Wildman–Crippen LogP) is 1.43. The first-order valence-corrected chi connectivity index (χ1v) is 7.34. The maximum atomic E-state index is 12.2. The molecule has 0 radical (unpaired) electrons. The first kappa shape index (κ1) is 15.5. The average Bonchev–Trinajstić information content (AvgIpc) is 2.49. The highest BCUT2D eigenvalue weighted by molar-refractivity contribution is 5.75. The second-order valence-electron chi connectivity index (χ2n) is 6.13. The van der Waals surface area contributed by atoms with Crippen LogP contribution < -0.4 is 10.5 Å².